The highest BCUT2D eigenvalue weighted by molar-refractivity contribution is 5.85. The maximum atomic E-state index is 5.99. The Morgan fingerprint density at radius 1 is 1.21 bits per heavy atom. The molecule has 2 aliphatic carbocycles. The van der Waals surface area contributed by atoms with Gasteiger partial charge in [0.2, 0.25) is 0 Å². The first-order chi connectivity index (χ1) is 6.36. The minimum absolute atomic E-state index is 0. The van der Waals surface area contributed by atoms with Crippen molar-refractivity contribution in [2.45, 2.75) is 31.2 Å². The highest BCUT2D eigenvalue weighted by Crippen LogP contribution is 2.48. The van der Waals surface area contributed by atoms with E-state index in [4.69, 9.17) is 5.73 Å². The lowest BCUT2D eigenvalue weighted by Gasteiger charge is -2.47. The first kappa shape index (κ1) is 10.0. The smallest absolute Gasteiger partial charge is 0.00790 e. The topological polar surface area (TPSA) is 26.0 Å². The minimum atomic E-state index is 0. The van der Waals surface area contributed by atoms with Gasteiger partial charge in [-0.1, -0.05) is 24.3 Å². The van der Waals surface area contributed by atoms with Crippen LogP contribution < -0.4 is 5.73 Å². The van der Waals surface area contributed by atoms with Crippen LogP contribution in [0.5, 0.6) is 0 Å². The summed E-state index contributed by atoms with van der Waals surface area (Å²) in [4.78, 5) is 0. The van der Waals surface area contributed by atoms with E-state index in [1.807, 2.05) is 0 Å². The van der Waals surface area contributed by atoms with Gasteiger partial charge in [0.1, 0.15) is 0 Å². The third-order valence-corrected chi connectivity index (χ3v) is 3.79. The molecule has 3 atom stereocenters. The Morgan fingerprint density at radius 3 is 2.79 bits per heavy atom. The molecule has 0 bridgehead atoms. The maximum Gasteiger partial charge on any atom is 0.00790 e. The lowest BCUT2D eigenvalue weighted by molar-refractivity contribution is 0.179. The Kier molecular flexibility index (Phi) is 2.54. The third kappa shape index (κ3) is 1.27. The van der Waals surface area contributed by atoms with Crippen molar-refractivity contribution >= 4 is 12.4 Å². The highest BCUT2D eigenvalue weighted by Gasteiger charge is 2.42. The Labute approximate surface area is 91.1 Å². The van der Waals surface area contributed by atoms with Gasteiger partial charge < -0.3 is 5.73 Å². The Morgan fingerprint density at radius 2 is 2.00 bits per heavy atom. The zero-order valence-corrected chi connectivity index (χ0v) is 8.96. The van der Waals surface area contributed by atoms with E-state index in [1.54, 1.807) is 11.1 Å². The van der Waals surface area contributed by atoms with Crippen molar-refractivity contribution in [1.82, 2.24) is 0 Å². The van der Waals surface area contributed by atoms with Gasteiger partial charge in [0.15, 0.2) is 0 Å². The van der Waals surface area contributed by atoms with Crippen molar-refractivity contribution in [2.24, 2.45) is 11.7 Å². The summed E-state index contributed by atoms with van der Waals surface area (Å²) in [6.45, 7) is 0. The lowest BCUT2D eigenvalue weighted by Crippen LogP contribution is -2.47. The third-order valence-electron chi connectivity index (χ3n) is 3.79. The normalized spacial score (nSPS) is 33.4. The van der Waals surface area contributed by atoms with Gasteiger partial charge in [-0.15, -0.1) is 12.4 Å². The van der Waals surface area contributed by atoms with E-state index in [0.29, 0.717) is 6.04 Å². The Balaban J connectivity index is 0.000000750. The predicted octanol–water partition coefficient (Wildman–Crippen LogP) is 2.49. The van der Waals surface area contributed by atoms with Crippen molar-refractivity contribution in [2.75, 3.05) is 0 Å². The average Bonchev–Trinajstić information content (AvgIpc) is 2.16. The van der Waals surface area contributed by atoms with E-state index in [0.717, 1.165) is 11.8 Å². The van der Waals surface area contributed by atoms with Crippen LogP contribution in [0.1, 0.15) is 29.9 Å². The molecule has 1 aromatic carbocycles. The number of hydrogen-bond donors (Lipinski definition) is 1. The fraction of sp³-hybridized carbons (Fsp3) is 0.500. The first-order valence-corrected chi connectivity index (χ1v) is 5.19. The summed E-state index contributed by atoms with van der Waals surface area (Å²) >= 11 is 0. The summed E-state index contributed by atoms with van der Waals surface area (Å²) < 4.78 is 0. The number of fused-ring (bicyclic) bond motifs is 3. The molecule has 0 saturated heterocycles. The molecule has 2 aliphatic rings. The van der Waals surface area contributed by atoms with Crippen LogP contribution in [0.25, 0.3) is 0 Å². The van der Waals surface area contributed by atoms with Gasteiger partial charge in [0, 0.05) is 6.04 Å². The molecule has 1 aromatic rings. The van der Waals surface area contributed by atoms with E-state index < -0.39 is 0 Å². The molecule has 2 N–H and O–H groups in total. The molecule has 1 nitrogen and oxygen atoms in total. The van der Waals surface area contributed by atoms with Gasteiger partial charge in [0.25, 0.3) is 0 Å². The van der Waals surface area contributed by atoms with E-state index in [2.05, 4.69) is 24.3 Å². The maximum absolute atomic E-state index is 5.99. The molecule has 3 rings (SSSR count). The molecular weight excluding hydrogens is 194 g/mol. The van der Waals surface area contributed by atoms with Crippen LogP contribution in [0.15, 0.2) is 24.3 Å². The monoisotopic (exact) mass is 209 g/mol. The molecule has 1 saturated carbocycles. The highest BCUT2D eigenvalue weighted by atomic mass is 35.5. The van der Waals surface area contributed by atoms with E-state index in [9.17, 15) is 0 Å². The van der Waals surface area contributed by atoms with Crippen LogP contribution >= 0.6 is 12.4 Å². The molecular formula is C12H16ClN. The van der Waals surface area contributed by atoms with Crippen LogP contribution in [0, 0.1) is 5.92 Å². The standard InChI is InChI=1S/C12H15N.ClH/c13-12-7-11-9-4-2-1-3-8(9)5-6-10(11)12;/h1-4,10-12H,5-7,13H2;1H. The number of halogens is 1. The van der Waals surface area contributed by atoms with Crippen molar-refractivity contribution in [3.63, 3.8) is 0 Å². The van der Waals surface area contributed by atoms with Crippen LogP contribution in [0.3, 0.4) is 0 Å². The first-order valence-electron chi connectivity index (χ1n) is 5.19. The summed E-state index contributed by atoms with van der Waals surface area (Å²) in [6.07, 6.45) is 3.76. The summed E-state index contributed by atoms with van der Waals surface area (Å²) in [5.41, 5.74) is 9.14. The zero-order valence-electron chi connectivity index (χ0n) is 8.15. The minimum Gasteiger partial charge on any atom is -0.327 e. The van der Waals surface area contributed by atoms with Crippen molar-refractivity contribution in [3.8, 4) is 0 Å². The fourth-order valence-corrected chi connectivity index (χ4v) is 2.96. The van der Waals surface area contributed by atoms with Gasteiger partial charge in [0.05, 0.1) is 0 Å². The quantitative estimate of drug-likeness (QED) is 0.698. The Hall–Kier alpha value is -0.530. The van der Waals surface area contributed by atoms with Gasteiger partial charge in [-0.3, -0.25) is 0 Å². The number of hydrogen-bond acceptors (Lipinski definition) is 1. The number of aryl methyl sites for hydroxylation is 1. The van der Waals surface area contributed by atoms with Gasteiger partial charge in [-0.2, -0.15) is 0 Å². The number of benzene rings is 1. The fourth-order valence-electron chi connectivity index (χ4n) is 2.96. The molecule has 0 heterocycles. The summed E-state index contributed by atoms with van der Waals surface area (Å²) in [5.74, 6) is 1.58. The molecule has 0 radical (unpaired) electrons. The molecule has 0 amide bonds. The molecule has 0 spiro atoms. The summed E-state index contributed by atoms with van der Waals surface area (Å²) in [7, 11) is 0. The number of rotatable bonds is 0. The molecule has 1 fully saturated rings. The van der Waals surface area contributed by atoms with Crippen LogP contribution in [-0.4, -0.2) is 6.04 Å². The van der Waals surface area contributed by atoms with Crippen LogP contribution in [0.2, 0.25) is 0 Å². The van der Waals surface area contributed by atoms with Crippen molar-refractivity contribution < 1.29 is 0 Å². The second-order valence-electron chi connectivity index (χ2n) is 4.41. The van der Waals surface area contributed by atoms with Crippen molar-refractivity contribution in [1.29, 1.82) is 0 Å². The van der Waals surface area contributed by atoms with Gasteiger partial charge in [-0.25, -0.2) is 0 Å². The second-order valence-corrected chi connectivity index (χ2v) is 4.41. The summed E-state index contributed by atoms with van der Waals surface area (Å²) in [5, 5.41) is 0. The molecule has 0 aromatic heterocycles. The van der Waals surface area contributed by atoms with E-state index >= 15 is 0 Å². The molecule has 2 heteroatoms. The van der Waals surface area contributed by atoms with Crippen molar-refractivity contribution in [3.05, 3.63) is 35.4 Å². The molecule has 76 valence electrons. The SMILES string of the molecule is Cl.NC1CC2c3ccccc3CCC12. The van der Waals surface area contributed by atoms with Crippen LogP contribution in [0.4, 0.5) is 0 Å². The second kappa shape index (κ2) is 3.56. The Bertz CT molecular complexity index is 337. The average molecular weight is 210 g/mol. The largest absolute Gasteiger partial charge is 0.327 e. The summed E-state index contributed by atoms with van der Waals surface area (Å²) in [6, 6.07) is 9.36. The van der Waals surface area contributed by atoms with Gasteiger partial charge in [-0.05, 0) is 42.2 Å². The zero-order chi connectivity index (χ0) is 8.84. The van der Waals surface area contributed by atoms with Crippen LogP contribution in [-0.2, 0) is 6.42 Å². The molecule has 14 heavy (non-hydrogen) atoms. The lowest BCUT2D eigenvalue weighted by atomic mass is 9.60. The van der Waals surface area contributed by atoms with Gasteiger partial charge >= 0.3 is 0 Å². The number of nitrogens with two attached hydrogens (primary N) is 1. The predicted molar refractivity (Wildman–Crippen MR) is 60.8 cm³/mol. The molecule has 0 aliphatic heterocycles. The van der Waals surface area contributed by atoms with E-state index in [1.165, 1.54) is 19.3 Å². The molecule has 3 unspecified atom stereocenters. The van der Waals surface area contributed by atoms with E-state index in [-0.39, 0.29) is 12.4 Å².